The summed E-state index contributed by atoms with van der Waals surface area (Å²) in [5, 5.41) is 9.92. The van der Waals surface area contributed by atoms with E-state index in [1.54, 1.807) is 12.4 Å². The molecule has 2 heterocycles. The lowest BCUT2D eigenvalue weighted by atomic mass is 10.2. The molecular formula is C12H11N5S. The summed E-state index contributed by atoms with van der Waals surface area (Å²) >= 11 is 1.49. The maximum absolute atomic E-state index is 5.80. The predicted octanol–water partition coefficient (Wildman–Crippen LogP) is 2.17. The van der Waals surface area contributed by atoms with Gasteiger partial charge in [0.2, 0.25) is 0 Å². The minimum absolute atomic E-state index is 0.0997. The first-order valence-electron chi connectivity index (χ1n) is 5.55. The zero-order valence-corrected chi connectivity index (χ0v) is 10.6. The molecule has 2 aromatic heterocycles. The van der Waals surface area contributed by atoms with E-state index < -0.39 is 0 Å². The Morgan fingerprint density at radius 1 is 1.17 bits per heavy atom. The topological polar surface area (TPSA) is 77.6 Å². The molecule has 2 N–H and O–H groups in total. The number of nitrogens with zero attached hydrogens (tertiary/aromatic N) is 4. The fourth-order valence-corrected chi connectivity index (χ4v) is 2.51. The molecule has 3 aromatic rings. The van der Waals surface area contributed by atoms with Gasteiger partial charge in [-0.1, -0.05) is 17.4 Å². The summed E-state index contributed by atoms with van der Waals surface area (Å²) in [7, 11) is 0. The Balaban J connectivity index is 2.18. The third-order valence-corrected chi connectivity index (χ3v) is 3.72. The van der Waals surface area contributed by atoms with Gasteiger partial charge < -0.3 is 5.73 Å². The third-order valence-electron chi connectivity index (χ3n) is 2.56. The van der Waals surface area contributed by atoms with Gasteiger partial charge in [0.25, 0.3) is 0 Å². The Morgan fingerprint density at radius 3 is 2.78 bits per heavy atom. The minimum Gasteiger partial charge on any atom is -0.322 e. The molecular weight excluding hydrogens is 246 g/mol. The summed E-state index contributed by atoms with van der Waals surface area (Å²) < 4.78 is 0. The summed E-state index contributed by atoms with van der Waals surface area (Å²) in [5.74, 6) is 0. The van der Waals surface area contributed by atoms with Crippen molar-refractivity contribution < 1.29 is 0 Å². The maximum Gasteiger partial charge on any atom is 0.150 e. The molecule has 0 radical (unpaired) electrons. The fraction of sp³-hybridized carbons (Fsp3) is 0.167. The molecule has 0 amide bonds. The summed E-state index contributed by atoms with van der Waals surface area (Å²) in [6.07, 6.45) is 3.36. The predicted molar refractivity (Wildman–Crippen MR) is 71.0 cm³/mol. The van der Waals surface area contributed by atoms with Crippen LogP contribution < -0.4 is 5.73 Å². The van der Waals surface area contributed by atoms with E-state index in [0.717, 1.165) is 26.6 Å². The van der Waals surface area contributed by atoms with Crippen LogP contribution in [0.15, 0.2) is 30.6 Å². The zero-order chi connectivity index (χ0) is 12.5. The van der Waals surface area contributed by atoms with E-state index in [1.807, 2.05) is 25.1 Å². The molecule has 90 valence electrons. The number of aromatic nitrogens is 4. The Labute approximate surface area is 108 Å². The average Bonchev–Trinajstić information content (AvgIpc) is 2.87. The number of benzene rings is 1. The molecule has 0 aliphatic rings. The van der Waals surface area contributed by atoms with Crippen molar-refractivity contribution in [1.29, 1.82) is 0 Å². The van der Waals surface area contributed by atoms with Crippen LogP contribution in [0.2, 0.25) is 0 Å². The number of hydrogen-bond acceptors (Lipinski definition) is 6. The van der Waals surface area contributed by atoms with Gasteiger partial charge in [-0.05, 0) is 19.1 Å². The lowest BCUT2D eigenvalue weighted by molar-refractivity contribution is 0.786. The lowest BCUT2D eigenvalue weighted by Gasteiger charge is -2.00. The van der Waals surface area contributed by atoms with Gasteiger partial charge >= 0.3 is 0 Å². The van der Waals surface area contributed by atoms with Gasteiger partial charge in [0.05, 0.1) is 17.1 Å². The number of fused-ring (bicyclic) bond motifs is 1. The van der Waals surface area contributed by atoms with Crippen molar-refractivity contribution in [1.82, 2.24) is 20.2 Å². The summed E-state index contributed by atoms with van der Waals surface area (Å²) in [5.41, 5.74) is 8.44. The first-order chi connectivity index (χ1) is 8.75. The first-order valence-corrected chi connectivity index (χ1v) is 6.36. The van der Waals surface area contributed by atoms with Crippen LogP contribution in [-0.2, 0) is 0 Å². The highest BCUT2D eigenvalue weighted by molar-refractivity contribution is 7.14. The van der Waals surface area contributed by atoms with Crippen molar-refractivity contribution in [2.45, 2.75) is 13.0 Å². The van der Waals surface area contributed by atoms with Crippen LogP contribution in [0.1, 0.15) is 18.0 Å². The lowest BCUT2D eigenvalue weighted by Crippen LogP contribution is -2.03. The van der Waals surface area contributed by atoms with Crippen molar-refractivity contribution in [3.63, 3.8) is 0 Å². The third kappa shape index (κ3) is 1.85. The van der Waals surface area contributed by atoms with Gasteiger partial charge in [0.1, 0.15) is 10.0 Å². The molecule has 6 heteroatoms. The largest absolute Gasteiger partial charge is 0.322 e. The molecule has 0 saturated heterocycles. The second-order valence-electron chi connectivity index (χ2n) is 3.96. The molecule has 1 atom stereocenters. The monoisotopic (exact) mass is 257 g/mol. The molecule has 3 rings (SSSR count). The Kier molecular flexibility index (Phi) is 2.73. The van der Waals surface area contributed by atoms with E-state index in [0.29, 0.717) is 0 Å². The van der Waals surface area contributed by atoms with Gasteiger partial charge in [0.15, 0.2) is 0 Å². The summed E-state index contributed by atoms with van der Waals surface area (Å²) in [4.78, 5) is 8.64. The first kappa shape index (κ1) is 11.2. The number of hydrogen-bond donors (Lipinski definition) is 1. The van der Waals surface area contributed by atoms with Gasteiger partial charge in [-0.25, -0.2) is 0 Å². The van der Waals surface area contributed by atoms with Crippen LogP contribution >= 0.6 is 11.3 Å². The van der Waals surface area contributed by atoms with Crippen molar-refractivity contribution in [2.75, 3.05) is 0 Å². The fourth-order valence-electron chi connectivity index (χ4n) is 1.69. The number of rotatable bonds is 2. The zero-order valence-electron chi connectivity index (χ0n) is 9.74. The van der Waals surface area contributed by atoms with E-state index in [4.69, 9.17) is 5.73 Å². The normalized spacial score (nSPS) is 12.8. The molecule has 0 aliphatic carbocycles. The molecule has 1 unspecified atom stereocenters. The summed E-state index contributed by atoms with van der Waals surface area (Å²) in [6.45, 7) is 1.90. The van der Waals surface area contributed by atoms with E-state index in [-0.39, 0.29) is 6.04 Å². The second-order valence-corrected chi connectivity index (χ2v) is 4.97. The van der Waals surface area contributed by atoms with Crippen LogP contribution in [0, 0.1) is 0 Å². The Bertz CT molecular complexity index is 686. The maximum atomic E-state index is 5.80. The SMILES string of the molecule is CC(N)c1nnc(-c2cccc3nccnc23)s1. The van der Waals surface area contributed by atoms with E-state index in [9.17, 15) is 0 Å². The molecule has 0 saturated carbocycles. The highest BCUT2D eigenvalue weighted by Gasteiger charge is 2.12. The molecule has 1 aromatic carbocycles. The van der Waals surface area contributed by atoms with Crippen molar-refractivity contribution in [3.8, 4) is 10.6 Å². The van der Waals surface area contributed by atoms with Crippen LogP contribution in [0.25, 0.3) is 21.6 Å². The van der Waals surface area contributed by atoms with Crippen LogP contribution in [0.4, 0.5) is 0 Å². The van der Waals surface area contributed by atoms with Gasteiger partial charge in [-0.15, -0.1) is 10.2 Å². The smallest absolute Gasteiger partial charge is 0.150 e. The van der Waals surface area contributed by atoms with Crippen LogP contribution in [0.3, 0.4) is 0 Å². The molecule has 0 bridgehead atoms. The standard InChI is InChI=1S/C12H11N5S/c1-7(13)11-16-17-12(18-11)8-3-2-4-9-10(8)15-6-5-14-9/h2-7H,13H2,1H3. The number of para-hydroxylation sites is 1. The van der Waals surface area contributed by atoms with Gasteiger partial charge in [0, 0.05) is 18.0 Å². The molecule has 18 heavy (non-hydrogen) atoms. The summed E-state index contributed by atoms with van der Waals surface area (Å²) in [6, 6.07) is 5.75. The van der Waals surface area contributed by atoms with Gasteiger partial charge in [-0.2, -0.15) is 0 Å². The Morgan fingerprint density at radius 2 is 2.00 bits per heavy atom. The van der Waals surface area contributed by atoms with Crippen LogP contribution in [-0.4, -0.2) is 20.2 Å². The quantitative estimate of drug-likeness (QED) is 0.761. The highest BCUT2D eigenvalue weighted by atomic mass is 32.1. The van der Waals surface area contributed by atoms with Crippen LogP contribution in [0.5, 0.6) is 0 Å². The van der Waals surface area contributed by atoms with E-state index in [2.05, 4.69) is 20.2 Å². The van der Waals surface area contributed by atoms with Gasteiger partial charge in [-0.3, -0.25) is 9.97 Å². The second kappa shape index (κ2) is 4.40. The highest BCUT2D eigenvalue weighted by Crippen LogP contribution is 2.29. The minimum atomic E-state index is -0.0997. The number of nitrogens with two attached hydrogens (primary N) is 1. The molecule has 0 aliphatic heterocycles. The van der Waals surface area contributed by atoms with Crippen molar-refractivity contribution >= 4 is 22.4 Å². The Hall–Kier alpha value is -1.92. The molecule has 0 spiro atoms. The average molecular weight is 257 g/mol. The molecule has 0 fully saturated rings. The van der Waals surface area contributed by atoms with Crippen molar-refractivity contribution in [3.05, 3.63) is 35.6 Å². The molecule has 5 nitrogen and oxygen atoms in total. The van der Waals surface area contributed by atoms with E-state index in [1.165, 1.54) is 11.3 Å². The van der Waals surface area contributed by atoms with E-state index >= 15 is 0 Å². The van der Waals surface area contributed by atoms with Crippen molar-refractivity contribution in [2.24, 2.45) is 5.73 Å².